The highest BCUT2D eigenvalue weighted by atomic mass is 32.2. The molecule has 0 aliphatic heterocycles. The van der Waals surface area contributed by atoms with Crippen LogP contribution in [0.3, 0.4) is 0 Å². The number of aryl methyl sites for hydroxylation is 1. The zero-order chi connectivity index (χ0) is 15.2. The summed E-state index contributed by atoms with van der Waals surface area (Å²) in [6.45, 7) is 4.06. The van der Waals surface area contributed by atoms with Gasteiger partial charge in [0.1, 0.15) is 0 Å². The van der Waals surface area contributed by atoms with Gasteiger partial charge in [-0.05, 0) is 62.0 Å². The number of benzene rings is 1. The van der Waals surface area contributed by atoms with Crippen molar-refractivity contribution < 1.29 is 8.42 Å². The highest BCUT2D eigenvalue weighted by molar-refractivity contribution is 7.98. The lowest BCUT2D eigenvalue weighted by atomic mass is 10.1. The minimum Gasteiger partial charge on any atom is -0.398 e. The molecule has 1 aromatic carbocycles. The highest BCUT2D eigenvalue weighted by Gasteiger charge is 2.18. The fourth-order valence-corrected chi connectivity index (χ4v) is 3.89. The Hall–Kier alpha value is -0.720. The summed E-state index contributed by atoms with van der Waals surface area (Å²) >= 11 is 1.81. The van der Waals surface area contributed by atoms with E-state index >= 15 is 0 Å². The first-order chi connectivity index (χ1) is 9.38. The number of anilines is 1. The molecule has 114 valence electrons. The van der Waals surface area contributed by atoms with Crippen LogP contribution in [0.1, 0.15) is 30.4 Å². The summed E-state index contributed by atoms with van der Waals surface area (Å²) in [4.78, 5) is 0.291. The Labute approximate surface area is 126 Å². The van der Waals surface area contributed by atoms with Crippen LogP contribution >= 0.6 is 11.8 Å². The second kappa shape index (κ2) is 7.90. The molecule has 0 saturated heterocycles. The number of nitrogen functional groups attached to an aromatic ring is 1. The average Bonchev–Trinajstić information content (AvgIpc) is 2.37. The maximum Gasteiger partial charge on any atom is 0.240 e. The molecule has 0 aromatic heterocycles. The van der Waals surface area contributed by atoms with Gasteiger partial charge >= 0.3 is 0 Å². The molecule has 20 heavy (non-hydrogen) atoms. The summed E-state index contributed by atoms with van der Waals surface area (Å²) < 4.78 is 27.2. The van der Waals surface area contributed by atoms with Gasteiger partial charge in [0.05, 0.1) is 4.90 Å². The summed E-state index contributed by atoms with van der Waals surface area (Å²) in [5.74, 6) is 1.13. The van der Waals surface area contributed by atoms with E-state index in [-0.39, 0.29) is 0 Å². The molecule has 3 N–H and O–H groups in total. The molecule has 0 atom stereocenters. The lowest BCUT2D eigenvalue weighted by Gasteiger charge is -2.12. The molecular formula is C14H24N2O2S2. The molecule has 0 amide bonds. The number of hydrogen-bond acceptors (Lipinski definition) is 4. The fourth-order valence-electron chi connectivity index (χ4n) is 1.96. The monoisotopic (exact) mass is 316 g/mol. The van der Waals surface area contributed by atoms with Crippen molar-refractivity contribution in [2.24, 2.45) is 0 Å². The highest BCUT2D eigenvalue weighted by Crippen LogP contribution is 2.22. The lowest BCUT2D eigenvalue weighted by Crippen LogP contribution is -2.26. The molecule has 0 fully saturated rings. The number of nitrogens with one attached hydrogen (secondary N) is 1. The van der Waals surface area contributed by atoms with Gasteiger partial charge in [-0.3, -0.25) is 0 Å². The molecular weight excluding hydrogens is 292 g/mol. The Morgan fingerprint density at radius 2 is 1.90 bits per heavy atom. The van der Waals surface area contributed by atoms with Gasteiger partial charge in [-0.2, -0.15) is 11.8 Å². The summed E-state index contributed by atoms with van der Waals surface area (Å²) in [5, 5.41) is 0. The van der Waals surface area contributed by atoms with E-state index in [0.29, 0.717) is 22.7 Å². The van der Waals surface area contributed by atoms with Crippen molar-refractivity contribution in [1.82, 2.24) is 4.72 Å². The van der Waals surface area contributed by atoms with Crippen molar-refractivity contribution in [1.29, 1.82) is 0 Å². The van der Waals surface area contributed by atoms with Crippen LogP contribution in [-0.4, -0.2) is 27.0 Å². The Kier molecular flexibility index (Phi) is 6.85. The van der Waals surface area contributed by atoms with E-state index in [1.54, 1.807) is 19.1 Å². The minimum atomic E-state index is -3.46. The summed E-state index contributed by atoms with van der Waals surface area (Å²) in [5.41, 5.74) is 7.82. The van der Waals surface area contributed by atoms with Crippen LogP contribution < -0.4 is 10.5 Å². The van der Waals surface area contributed by atoms with Gasteiger partial charge < -0.3 is 5.73 Å². The van der Waals surface area contributed by atoms with Gasteiger partial charge in [-0.25, -0.2) is 13.1 Å². The third-order valence-corrected chi connectivity index (χ3v) is 5.44. The van der Waals surface area contributed by atoms with E-state index in [2.05, 4.69) is 11.0 Å². The van der Waals surface area contributed by atoms with Crippen LogP contribution in [0.25, 0.3) is 0 Å². The first kappa shape index (κ1) is 17.3. The van der Waals surface area contributed by atoms with E-state index in [9.17, 15) is 8.42 Å². The van der Waals surface area contributed by atoms with Crippen molar-refractivity contribution in [2.75, 3.05) is 24.3 Å². The summed E-state index contributed by atoms with van der Waals surface area (Å²) in [6.07, 6.45) is 5.10. The molecule has 1 rings (SSSR count). The molecule has 0 saturated carbocycles. The molecule has 0 aliphatic rings. The Balaban J connectivity index is 2.65. The predicted molar refractivity (Wildman–Crippen MR) is 87.7 cm³/mol. The number of unbranched alkanes of at least 4 members (excludes halogenated alkanes) is 2. The lowest BCUT2D eigenvalue weighted by molar-refractivity contribution is 0.575. The number of hydrogen-bond donors (Lipinski definition) is 2. The first-order valence-corrected chi connectivity index (χ1v) is 9.61. The van der Waals surface area contributed by atoms with Gasteiger partial charge in [0.2, 0.25) is 10.0 Å². The Bertz CT molecular complexity index is 542. The van der Waals surface area contributed by atoms with Crippen LogP contribution in [0.15, 0.2) is 17.0 Å². The zero-order valence-electron chi connectivity index (χ0n) is 12.4. The average molecular weight is 316 g/mol. The van der Waals surface area contributed by atoms with E-state index in [1.165, 1.54) is 0 Å². The van der Waals surface area contributed by atoms with Crippen LogP contribution in [0.5, 0.6) is 0 Å². The largest absolute Gasteiger partial charge is 0.398 e. The van der Waals surface area contributed by atoms with Gasteiger partial charge in [0, 0.05) is 12.2 Å². The van der Waals surface area contributed by atoms with E-state index in [1.807, 2.05) is 18.7 Å². The van der Waals surface area contributed by atoms with Crippen LogP contribution in [0, 0.1) is 13.8 Å². The van der Waals surface area contributed by atoms with Crippen molar-refractivity contribution in [2.45, 2.75) is 38.0 Å². The third-order valence-electron chi connectivity index (χ3n) is 3.15. The van der Waals surface area contributed by atoms with E-state index < -0.39 is 10.0 Å². The summed E-state index contributed by atoms with van der Waals surface area (Å²) in [6, 6.07) is 3.46. The zero-order valence-corrected chi connectivity index (χ0v) is 14.0. The van der Waals surface area contributed by atoms with Crippen LogP contribution in [0.4, 0.5) is 5.69 Å². The second-order valence-corrected chi connectivity index (χ2v) is 7.65. The maximum absolute atomic E-state index is 12.3. The quantitative estimate of drug-likeness (QED) is 0.571. The molecule has 0 bridgehead atoms. The number of sulfonamides is 1. The van der Waals surface area contributed by atoms with Crippen molar-refractivity contribution in [3.8, 4) is 0 Å². The van der Waals surface area contributed by atoms with Crippen molar-refractivity contribution in [3.05, 3.63) is 23.3 Å². The third kappa shape index (κ3) is 5.00. The molecule has 0 radical (unpaired) electrons. The van der Waals surface area contributed by atoms with Gasteiger partial charge in [-0.1, -0.05) is 6.42 Å². The smallest absolute Gasteiger partial charge is 0.240 e. The normalized spacial score (nSPS) is 11.8. The molecule has 1 aromatic rings. The van der Waals surface area contributed by atoms with Crippen LogP contribution in [0.2, 0.25) is 0 Å². The number of nitrogens with two attached hydrogens (primary N) is 1. The maximum atomic E-state index is 12.3. The van der Waals surface area contributed by atoms with Gasteiger partial charge in [0.25, 0.3) is 0 Å². The van der Waals surface area contributed by atoms with E-state index in [0.717, 1.165) is 30.6 Å². The summed E-state index contributed by atoms with van der Waals surface area (Å²) in [7, 11) is -3.46. The fraction of sp³-hybridized carbons (Fsp3) is 0.571. The van der Waals surface area contributed by atoms with Gasteiger partial charge in [-0.15, -0.1) is 0 Å². The Morgan fingerprint density at radius 3 is 2.55 bits per heavy atom. The van der Waals surface area contributed by atoms with Crippen molar-refractivity contribution >= 4 is 27.5 Å². The minimum absolute atomic E-state index is 0.291. The van der Waals surface area contributed by atoms with Crippen LogP contribution in [-0.2, 0) is 10.0 Å². The molecule has 0 aliphatic carbocycles. The molecule has 4 nitrogen and oxygen atoms in total. The molecule has 6 heteroatoms. The number of rotatable bonds is 8. The topological polar surface area (TPSA) is 72.2 Å². The Morgan fingerprint density at radius 1 is 1.20 bits per heavy atom. The van der Waals surface area contributed by atoms with E-state index in [4.69, 9.17) is 5.73 Å². The van der Waals surface area contributed by atoms with Gasteiger partial charge in [0.15, 0.2) is 0 Å². The van der Waals surface area contributed by atoms with Crippen molar-refractivity contribution in [3.63, 3.8) is 0 Å². The standard InChI is InChI=1S/C14H24N2O2S2/c1-11-9-13(15)12(2)14(10-11)20(17,18)16-7-5-4-6-8-19-3/h9-10,16H,4-8,15H2,1-3H3. The predicted octanol–water partition coefficient (Wildman–Crippen LogP) is 2.70. The second-order valence-electron chi connectivity index (χ2n) is 4.93. The number of thioether (sulfide) groups is 1. The first-order valence-electron chi connectivity index (χ1n) is 6.74. The SMILES string of the molecule is CSCCCCCNS(=O)(=O)c1cc(C)cc(N)c1C. The molecule has 0 spiro atoms. The molecule has 0 unspecified atom stereocenters. The molecule has 0 heterocycles.